The van der Waals surface area contributed by atoms with Gasteiger partial charge in [-0.3, -0.25) is 0 Å². The van der Waals surface area contributed by atoms with Crippen molar-refractivity contribution in [3.8, 4) is 11.5 Å². The Kier molecular flexibility index (Phi) is 3.80. The standard InChI is InChI=1S/C14H16ClN3O/c15-12-5-3-11(4-6-12)14-17-13(18-19-14)8-10-2-1-7-16-9-10/h3-6,10,16H,1-2,7-9H2. The van der Waals surface area contributed by atoms with Crippen molar-refractivity contribution in [2.24, 2.45) is 5.92 Å². The Bertz CT molecular complexity index is 532. The Hall–Kier alpha value is -1.39. The highest BCUT2D eigenvalue weighted by atomic mass is 35.5. The smallest absolute Gasteiger partial charge is 0.257 e. The maximum absolute atomic E-state index is 5.86. The molecule has 1 N–H and O–H groups in total. The van der Waals surface area contributed by atoms with Crippen molar-refractivity contribution in [2.75, 3.05) is 13.1 Å². The van der Waals surface area contributed by atoms with Crippen LogP contribution in [0, 0.1) is 5.92 Å². The van der Waals surface area contributed by atoms with Crippen LogP contribution in [0.3, 0.4) is 0 Å². The SMILES string of the molecule is Clc1ccc(-c2nc(CC3CCCNC3)no2)cc1. The normalized spacial score (nSPS) is 19.5. The van der Waals surface area contributed by atoms with Gasteiger partial charge >= 0.3 is 0 Å². The number of nitrogens with zero attached hydrogens (tertiary/aromatic N) is 2. The molecule has 0 amide bonds. The van der Waals surface area contributed by atoms with Crippen LogP contribution in [0.25, 0.3) is 11.5 Å². The molecule has 1 aliphatic rings. The first kappa shape index (κ1) is 12.6. The fraction of sp³-hybridized carbons (Fsp3) is 0.429. The molecule has 0 saturated carbocycles. The van der Waals surface area contributed by atoms with Gasteiger partial charge < -0.3 is 9.84 Å². The van der Waals surface area contributed by atoms with Gasteiger partial charge in [0.05, 0.1) is 0 Å². The molecule has 5 heteroatoms. The third kappa shape index (κ3) is 3.14. The average molecular weight is 278 g/mol. The van der Waals surface area contributed by atoms with Gasteiger partial charge in [-0.25, -0.2) is 0 Å². The summed E-state index contributed by atoms with van der Waals surface area (Å²) < 4.78 is 5.31. The molecule has 3 rings (SSSR count). The second kappa shape index (κ2) is 5.72. The van der Waals surface area contributed by atoms with E-state index in [4.69, 9.17) is 16.1 Å². The predicted octanol–water partition coefficient (Wildman–Crippen LogP) is 2.93. The van der Waals surface area contributed by atoms with Gasteiger partial charge in [0.1, 0.15) is 0 Å². The summed E-state index contributed by atoms with van der Waals surface area (Å²) in [7, 11) is 0. The van der Waals surface area contributed by atoms with Crippen molar-refractivity contribution in [1.29, 1.82) is 0 Å². The first-order valence-corrected chi connectivity index (χ1v) is 6.98. The minimum atomic E-state index is 0.565. The van der Waals surface area contributed by atoms with E-state index >= 15 is 0 Å². The van der Waals surface area contributed by atoms with Crippen molar-refractivity contribution in [1.82, 2.24) is 15.5 Å². The highest BCUT2D eigenvalue weighted by Gasteiger charge is 2.17. The third-order valence-corrected chi connectivity index (χ3v) is 3.68. The number of rotatable bonds is 3. The maximum Gasteiger partial charge on any atom is 0.257 e. The van der Waals surface area contributed by atoms with Gasteiger partial charge in [0.15, 0.2) is 5.82 Å². The molecule has 4 nitrogen and oxygen atoms in total. The van der Waals surface area contributed by atoms with Gasteiger partial charge in [-0.2, -0.15) is 4.98 Å². The van der Waals surface area contributed by atoms with E-state index in [1.54, 1.807) is 0 Å². The van der Waals surface area contributed by atoms with Gasteiger partial charge in [0, 0.05) is 17.0 Å². The number of piperidine rings is 1. The summed E-state index contributed by atoms with van der Waals surface area (Å²) >= 11 is 5.86. The molecular weight excluding hydrogens is 262 g/mol. The number of aromatic nitrogens is 2. The summed E-state index contributed by atoms with van der Waals surface area (Å²) in [5, 5.41) is 8.17. The monoisotopic (exact) mass is 277 g/mol. The Morgan fingerprint density at radius 3 is 2.89 bits per heavy atom. The van der Waals surface area contributed by atoms with E-state index in [-0.39, 0.29) is 0 Å². The highest BCUT2D eigenvalue weighted by molar-refractivity contribution is 6.30. The largest absolute Gasteiger partial charge is 0.334 e. The van der Waals surface area contributed by atoms with Gasteiger partial charge in [-0.15, -0.1) is 0 Å². The van der Waals surface area contributed by atoms with Crippen LogP contribution in [0.4, 0.5) is 0 Å². The van der Waals surface area contributed by atoms with Crippen LogP contribution in [-0.4, -0.2) is 23.2 Å². The lowest BCUT2D eigenvalue weighted by Gasteiger charge is -2.20. The number of nitrogens with one attached hydrogen (secondary N) is 1. The van der Waals surface area contributed by atoms with E-state index in [2.05, 4.69) is 15.5 Å². The van der Waals surface area contributed by atoms with E-state index in [0.717, 1.165) is 30.9 Å². The van der Waals surface area contributed by atoms with Crippen LogP contribution in [0.5, 0.6) is 0 Å². The van der Waals surface area contributed by atoms with Crippen molar-refractivity contribution in [3.05, 3.63) is 35.1 Å². The Morgan fingerprint density at radius 2 is 2.16 bits per heavy atom. The number of benzene rings is 1. The van der Waals surface area contributed by atoms with E-state index in [1.165, 1.54) is 12.8 Å². The molecular formula is C14H16ClN3O. The van der Waals surface area contributed by atoms with Crippen LogP contribution in [0.1, 0.15) is 18.7 Å². The molecule has 0 radical (unpaired) electrons. The Labute approximate surface area is 117 Å². The van der Waals surface area contributed by atoms with Crippen molar-refractivity contribution in [3.63, 3.8) is 0 Å². The lowest BCUT2D eigenvalue weighted by Crippen LogP contribution is -2.31. The fourth-order valence-corrected chi connectivity index (χ4v) is 2.53. The second-order valence-electron chi connectivity index (χ2n) is 4.94. The van der Waals surface area contributed by atoms with Crippen LogP contribution < -0.4 is 5.32 Å². The molecule has 2 heterocycles. The average Bonchev–Trinajstić information content (AvgIpc) is 2.89. The quantitative estimate of drug-likeness (QED) is 0.937. The van der Waals surface area contributed by atoms with Crippen molar-refractivity contribution in [2.45, 2.75) is 19.3 Å². The summed E-state index contributed by atoms with van der Waals surface area (Å²) in [4.78, 5) is 4.46. The Morgan fingerprint density at radius 1 is 1.32 bits per heavy atom. The molecule has 2 aromatic rings. The first-order valence-electron chi connectivity index (χ1n) is 6.60. The lowest BCUT2D eigenvalue weighted by atomic mass is 9.96. The molecule has 0 spiro atoms. The van der Waals surface area contributed by atoms with E-state index in [1.807, 2.05) is 24.3 Å². The highest BCUT2D eigenvalue weighted by Crippen LogP contribution is 2.21. The molecule has 1 fully saturated rings. The summed E-state index contributed by atoms with van der Waals surface area (Å²) in [6.45, 7) is 2.17. The zero-order valence-corrected chi connectivity index (χ0v) is 11.4. The molecule has 1 saturated heterocycles. The maximum atomic E-state index is 5.86. The molecule has 1 aromatic heterocycles. The molecule has 0 bridgehead atoms. The van der Waals surface area contributed by atoms with E-state index < -0.39 is 0 Å². The van der Waals surface area contributed by atoms with Gasteiger partial charge in [-0.05, 0) is 56.1 Å². The second-order valence-corrected chi connectivity index (χ2v) is 5.38. The van der Waals surface area contributed by atoms with Crippen LogP contribution in [0.15, 0.2) is 28.8 Å². The molecule has 1 aromatic carbocycles. The molecule has 1 aliphatic heterocycles. The fourth-order valence-electron chi connectivity index (χ4n) is 2.40. The lowest BCUT2D eigenvalue weighted by molar-refractivity contribution is 0.360. The number of halogens is 1. The van der Waals surface area contributed by atoms with Gasteiger partial charge in [0.25, 0.3) is 5.89 Å². The summed E-state index contributed by atoms with van der Waals surface area (Å²) in [6.07, 6.45) is 3.34. The molecule has 1 unspecified atom stereocenters. The minimum absolute atomic E-state index is 0.565. The van der Waals surface area contributed by atoms with Crippen LogP contribution >= 0.6 is 11.6 Å². The van der Waals surface area contributed by atoms with Crippen LogP contribution in [0.2, 0.25) is 5.02 Å². The van der Waals surface area contributed by atoms with Crippen molar-refractivity contribution < 1.29 is 4.52 Å². The van der Waals surface area contributed by atoms with E-state index in [9.17, 15) is 0 Å². The topological polar surface area (TPSA) is 51.0 Å². The zero-order valence-electron chi connectivity index (χ0n) is 10.6. The van der Waals surface area contributed by atoms with Crippen LogP contribution in [-0.2, 0) is 6.42 Å². The molecule has 100 valence electrons. The van der Waals surface area contributed by atoms with Crippen molar-refractivity contribution >= 4 is 11.6 Å². The zero-order chi connectivity index (χ0) is 13.1. The summed E-state index contributed by atoms with van der Waals surface area (Å²) in [5.74, 6) is 1.97. The van der Waals surface area contributed by atoms with E-state index in [0.29, 0.717) is 16.8 Å². The minimum Gasteiger partial charge on any atom is -0.334 e. The van der Waals surface area contributed by atoms with Gasteiger partial charge in [0.2, 0.25) is 0 Å². The molecule has 0 aliphatic carbocycles. The number of hydrogen-bond acceptors (Lipinski definition) is 4. The summed E-state index contributed by atoms with van der Waals surface area (Å²) in [5.41, 5.74) is 0.907. The number of hydrogen-bond donors (Lipinski definition) is 1. The third-order valence-electron chi connectivity index (χ3n) is 3.43. The first-order chi connectivity index (χ1) is 9.31. The van der Waals surface area contributed by atoms with Gasteiger partial charge in [-0.1, -0.05) is 16.8 Å². The Balaban J connectivity index is 1.70. The molecule has 1 atom stereocenters. The predicted molar refractivity (Wildman–Crippen MR) is 74.0 cm³/mol. The summed E-state index contributed by atoms with van der Waals surface area (Å²) in [6, 6.07) is 7.43. The molecule has 19 heavy (non-hydrogen) atoms.